The van der Waals surface area contributed by atoms with Gasteiger partial charge in [0.25, 0.3) is 0 Å². The zero-order valence-corrected chi connectivity index (χ0v) is 35.5. The van der Waals surface area contributed by atoms with Gasteiger partial charge in [0, 0.05) is 54.6 Å². The van der Waals surface area contributed by atoms with Gasteiger partial charge in [0.1, 0.15) is 42.0 Å². The van der Waals surface area contributed by atoms with Crippen LogP contribution in [0.5, 0.6) is 0 Å². The van der Waals surface area contributed by atoms with Crippen molar-refractivity contribution in [1.29, 1.82) is 0 Å². The third-order valence-electron chi connectivity index (χ3n) is 7.16. The second-order valence-corrected chi connectivity index (χ2v) is 17.6. The van der Waals surface area contributed by atoms with Gasteiger partial charge in [0.2, 0.25) is 11.8 Å². The number of ketones is 1. The van der Waals surface area contributed by atoms with Crippen LogP contribution >= 0.6 is 35.2 Å². The largest absolute Gasteiger partial charge is 0.481 e. The zero-order valence-electron chi connectivity index (χ0n) is 29.2. The van der Waals surface area contributed by atoms with Gasteiger partial charge in [-0.3, -0.25) is 37.3 Å². The number of hydrogen-bond donors (Lipinski definition) is 9. The second-order valence-electron chi connectivity index (χ2n) is 12.2. The van der Waals surface area contributed by atoms with Crippen molar-refractivity contribution in [3.63, 3.8) is 0 Å². The average Bonchev–Trinajstić information content (AvgIpc) is 3.60. The van der Waals surface area contributed by atoms with Crippen LogP contribution in [0.1, 0.15) is 39.8 Å². The van der Waals surface area contributed by atoms with Crippen LogP contribution in [-0.2, 0) is 55.5 Å². The number of rotatable bonds is 21. The number of nitrogen functional groups attached to an aromatic ring is 1. The number of nitrogens with zero attached hydrogens (tertiary/aromatic N) is 4. The van der Waals surface area contributed by atoms with Crippen LogP contribution in [0.4, 0.5) is 5.82 Å². The predicted octanol–water partition coefficient (Wildman–Crippen LogP) is -1.74. The summed E-state index contributed by atoms with van der Waals surface area (Å²) >= 11 is 0.878. The average molecular weight is 970 g/mol. The molecule has 2 aromatic heterocycles. The number of nitrogens with one attached hydrogen (secondary N) is 2. The Balaban J connectivity index is 0.0000105. The molecule has 1 aliphatic rings. The van der Waals surface area contributed by atoms with E-state index in [1.807, 2.05) is 0 Å². The van der Waals surface area contributed by atoms with E-state index in [4.69, 9.17) is 19.5 Å². The summed E-state index contributed by atoms with van der Waals surface area (Å²) in [6.45, 7) is 1.58. The molecule has 0 aliphatic carbocycles. The van der Waals surface area contributed by atoms with E-state index in [0.29, 0.717) is 0 Å². The molecule has 2 aromatic rings. The van der Waals surface area contributed by atoms with E-state index >= 15 is 0 Å². The van der Waals surface area contributed by atoms with Crippen LogP contribution < -0.4 is 16.4 Å². The standard InChI is InChI=1S/C25H40N7O18P3S.Sn/c1-13(33)8-16(35)54-7-6-27-15(34)4-5-28-23(38)20(37)25(2,3)10-47-53(44,45)50-52(42,43)46-9-14-19(49-51(39,40)41)18(36)24(48-14)32-12-31-17-21(26)29-11-30-22(17)32;/h11-12,14,18-20,24,36-37H,4-10H2,1-3H3,(H,27,34)(H,28,38)(H,42,43)(H,44,45)(H2,26,29,30)(H2,39,40,41);/t14-,18-,19-,20+,24-;/m1./s1. The maximum absolute atomic E-state index is 12.6. The van der Waals surface area contributed by atoms with Crippen molar-refractivity contribution in [2.75, 3.05) is 37.8 Å². The molecule has 2 amide bonds. The number of Topliss-reactive ketones (excluding diaryl/α,β-unsaturated/α-hetero) is 1. The Morgan fingerprint density at radius 3 is 2.35 bits per heavy atom. The maximum atomic E-state index is 12.6. The number of amides is 2. The molecule has 2 unspecified atom stereocenters. The number of aliphatic hydroxyl groups is 2. The van der Waals surface area contributed by atoms with Gasteiger partial charge < -0.3 is 50.9 Å². The Hall–Kier alpha value is -1.97. The van der Waals surface area contributed by atoms with Crippen LogP contribution in [0, 0.1) is 5.41 Å². The Kier molecular flexibility index (Phi) is 18.4. The van der Waals surface area contributed by atoms with E-state index in [-0.39, 0.29) is 83.5 Å². The minimum atomic E-state index is -5.58. The molecule has 25 nitrogen and oxygen atoms in total. The van der Waals surface area contributed by atoms with Crippen molar-refractivity contribution < 1.29 is 85.3 Å². The maximum Gasteiger partial charge on any atom is 0.481 e. The Morgan fingerprint density at radius 1 is 1.05 bits per heavy atom. The quantitative estimate of drug-likeness (QED) is 0.0290. The van der Waals surface area contributed by atoms with Crippen LogP contribution in [-0.4, -0.2) is 152 Å². The molecule has 0 spiro atoms. The summed E-state index contributed by atoms with van der Waals surface area (Å²) in [5, 5.41) is 25.8. The normalized spacial score (nSPS) is 21.5. The van der Waals surface area contributed by atoms with Gasteiger partial charge in [-0.05, 0) is 6.92 Å². The molecule has 1 saturated heterocycles. The monoisotopic (exact) mass is 971 g/mol. The van der Waals surface area contributed by atoms with Crippen molar-refractivity contribution in [1.82, 2.24) is 30.2 Å². The summed E-state index contributed by atoms with van der Waals surface area (Å²) < 4.78 is 61.9. The summed E-state index contributed by atoms with van der Waals surface area (Å²) in [7, 11) is -16.4. The number of thioether (sulfide) groups is 1. The van der Waals surface area contributed by atoms with Crippen molar-refractivity contribution in [2.45, 2.75) is 64.3 Å². The molecule has 4 radical (unpaired) electrons. The van der Waals surface area contributed by atoms with Gasteiger partial charge in [0.15, 0.2) is 22.8 Å². The summed E-state index contributed by atoms with van der Waals surface area (Å²) in [6, 6.07) is 0. The van der Waals surface area contributed by atoms with Gasteiger partial charge in [-0.2, -0.15) is 4.31 Å². The molecule has 0 saturated carbocycles. The van der Waals surface area contributed by atoms with Crippen molar-refractivity contribution in [3.05, 3.63) is 12.7 Å². The third-order valence-corrected chi connectivity index (χ3v) is 11.1. The number of aliphatic hydroxyl groups excluding tert-OH is 2. The molecule has 308 valence electrons. The Morgan fingerprint density at radius 2 is 1.71 bits per heavy atom. The second kappa shape index (κ2) is 20.6. The third kappa shape index (κ3) is 15.4. The van der Waals surface area contributed by atoms with Crippen LogP contribution in [0.25, 0.3) is 11.2 Å². The fraction of sp³-hybridized carbons (Fsp3) is 0.640. The number of carbonyl (C=O) groups is 4. The van der Waals surface area contributed by atoms with Crippen LogP contribution in [0.15, 0.2) is 12.7 Å². The number of fused-ring (bicyclic) bond motifs is 1. The number of aromatic nitrogens is 4. The molecule has 30 heteroatoms. The summed E-state index contributed by atoms with van der Waals surface area (Å²) in [4.78, 5) is 97.7. The van der Waals surface area contributed by atoms with Gasteiger partial charge in [-0.25, -0.2) is 28.6 Å². The van der Waals surface area contributed by atoms with E-state index in [2.05, 4.69) is 34.4 Å². The van der Waals surface area contributed by atoms with Gasteiger partial charge in [0.05, 0.1) is 26.0 Å². The molecular formula is C25H40N7O18P3SSn. The summed E-state index contributed by atoms with van der Waals surface area (Å²) in [5.41, 5.74) is 4.22. The van der Waals surface area contributed by atoms with Gasteiger partial charge >= 0.3 is 23.5 Å². The van der Waals surface area contributed by atoms with Crippen LogP contribution in [0.3, 0.4) is 0 Å². The molecule has 1 fully saturated rings. The molecule has 0 aromatic carbocycles. The molecule has 3 heterocycles. The first-order valence-corrected chi connectivity index (χ1v) is 21.0. The molecule has 10 N–H and O–H groups in total. The molecule has 3 rings (SSSR count). The number of ether oxygens (including phenoxy) is 1. The number of carbonyl (C=O) groups excluding carboxylic acids is 4. The first kappa shape index (κ1) is 49.2. The smallest absolute Gasteiger partial charge is 0.386 e. The number of anilines is 1. The van der Waals surface area contributed by atoms with E-state index in [1.54, 1.807) is 0 Å². The minimum Gasteiger partial charge on any atom is -0.386 e. The molecule has 55 heavy (non-hydrogen) atoms. The van der Waals surface area contributed by atoms with Crippen molar-refractivity contribution >= 4 is 98.8 Å². The fourth-order valence-electron chi connectivity index (χ4n) is 4.55. The van der Waals surface area contributed by atoms with E-state index < -0.39 is 84.6 Å². The van der Waals surface area contributed by atoms with E-state index in [1.165, 1.54) is 20.8 Å². The van der Waals surface area contributed by atoms with E-state index in [0.717, 1.165) is 29.0 Å². The van der Waals surface area contributed by atoms with E-state index in [9.17, 15) is 62.7 Å². The van der Waals surface area contributed by atoms with Crippen molar-refractivity contribution in [2.24, 2.45) is 5.41 Å². The first-order valence-electron chi connectivity index (χ1n) is 15.5. The molecular weight excluding hydrogens is 930 g/mol. The minimum absolute atomic E-state index is 0. The fourth-order valence-corrected chi connectivity index (χ4v) is 8.12. The Labute approximate surface area is 333 Å². The molecule has 1 aliphatic heterocycles. The number of imidazole rings is 1. The van der Waals surface area contributed by atoms with Gasteiger partial charge in [-0.15, -0.1) is 0 Å². The number of nitrogens with two attached hydrogens (primary N) is 1. The predicted molar refractivity (Wildman–Crippen MR) is 188 cm³/mol. The molecule has 7 atom stereocenters. The van der Waals surface area contributed by atoms with Gasteiger partial charge in [-0.1, -0.05) is 25.6 Å². The summed E-state index contributed by atoms with van der Waals surface area (Å²) in [5.74, 6) is -1.61. The first-order chi connectivity index (χ1) is 24.9. The number of phosphoric ester groups is 3. The number of phosphoric acid groups is 3. The van der Waals surface area contributed by atoms with Crippen molar-refractivity contribution in [3.8, 4) is 0 Å². The summed E-state index contributed by atoms with van der Waals surface area (Å²) in [6.07, 6.45) is -7.24. The van der Waals surface area contributed by atoms with Crippen LogP contribution in [0.2, 0.25) is 0 Å². The zero-order chi connectivity index (χ0) is 40.6. The SMILES string of the molecule is CC(=O)CC(=O)SCCNC(=O)CCNC(=O)[C@H](O)C(C)(C)COP(=O)(O)OP(=O)(O)OC[C@H]1O[C@@H](n2cnc3c(N)ncnc32)[C@H](O)[C@@H]1OP(=O)(O)O.[Sn]. The topological polar surface area (TPSA) is 381 Å². The molecule has 0 bridgehead atoms. The Bertz CT molecular complexity index is 1830. The number of hydrogen-bond acceptors (Lipinski definition) is 19.